The standard InChI is InChI=1S/C20H15ClF3N5S/c1-9-4-3-5-10(2)14(9)26-19-27-15-16(25)28-17(29-18(15)30-19)11-6-7-12(13(21)8-11)20(22,23)24/h3-8H,1-2H3,(H,26,27)(H2,25,28,29). The zero-order valence-electron chi connectivity index (χ0n) is 15.8. The first kappa shape index (κ1) is 20.4. The maximum absolute atomic E-state index is 12.9. The van der Waals surface area contributed by atoms with Crippen LogP contribution in [-0.2, 0) is 6.18 Å². The molecule has 0 saturated carbocycles. The maximum Gasteiger partial charge on any atom is 0.417 e. The number of hydrogen-bond acceptors (Lipinski definition) is 6. The highest BCUT2D eigenvalue weighted by Gasteiger charge is 2.33. The van der Waals surface area contributed by atoms with Crippen LogP contribution in [0.15, 0.2) is 36.4 Å². The number of hydrogen-bond donors (Lipinski definition) is 2. The Morgan fingerprint density at radius 3 is 2.37 bits per heavy atom. The van der Waals surface area contributed by atoms with E-state index in [-0.39, 0.29) is 11.6 Å². The molecule has 10 heteroatoms. The molecule has 0 spiro atoms. The highest BCUT2D eigenvalue weighted by atomic mass is 35.5. The van der Waals surface area contributed by atoms with Crippen LogP contribution in [0.3, 0.4) is 0 Å². The van der Waals surface area contributed by atoms with Gasteiger partial charge in [-0.05, 0) is 37.1 Å². The second-order valence-electron chi connectivity index (χ2n) is 6.69. The molecule has 4 rings (SSSR count). The van der Waals surface area contributed by atoms with Gasteiger partial charge in [-0.3, -0.25) is 0 Å². The van der Waals surface area contributed by atoms with Crippen molar-refractivity contribution in [1.29, 1.82) is 0 Å². The number of alkyl halides is 3. The lowest BCUT2D eigenvalue weighted by molar-refractivity contribution is -0.137. The number of thiazole rings is 1. The minimum Gasteiger partial charge on any atom is -0.382 e. The third kappa shape index (κ3) is 3.78. The van der Waals surface area contributed by atoms with E-state index in [4.69, 9.17) is 17.3 Å². The number of rotatable bonds is 3. The van der Waals surface area contributed by atoms with Crippen LogP contribution in [0.4, 0.5) is 29.8 Å². The Kier molecular flexibility index (Phi) is 5.03. The first-order valence-electron chi connectivity index (χ1n) is 8.78. The SMILES string of the molecule is Cc1cccc(C)c1Nc1nc2c(N)nc(-c3ccc(C(F)(F)F)c(Cl)c3)nc2s1. The first-order chi connectivity index (χ1) is 14.1. The Bertz CT molecular complexity index is 1250. The summed E-state index contributed by atoms with van der Waals surface area (Å²) in [4.78, 5) is 13.6. The Hall–Kier alpha value is -2.91. The predicted octanol–water partition coefficient (Wildman–Crippen LogP) is 6.37. The summed E-state index contributed by atoms with van der Waals surface area (Å²) in [5.74, 6) is 0.315. The minimum atomic E-state index is -4.54. The summed E-state index contributed by atoms with van der Waals surface area (Å²) < 4.78 is 38.8. The molecule has 0 radical (unpaired) electrons. The second kappa shape index (κ2) is 7.41. The molecule has 0 unspecified atom stereocenters. The van der Waals surface area contributed by atoms with E-state index >= 15 is 0 Å². The molecule has 30 heavy (non-hydrogen) atoms. The zero-order chi connectivity index (χ0) is 21.6. The molecule has 0 bridgehead atoms. The number of para-hydroxylation sites is 1. The van der Waals surface area contributed by atoms with Gasteiger partial charge in [-0.2, -0.15) is 13.2 Å². The summed E-state index contributed by atoms with van der Waals surface area (Å²) >= 11 is 7.10. The van der Waals surface area contributed by atoms with Crippen LogP contribution < -0.4 is 11.1 Å². The number of nitrogens with one attached hydrogen (secondary N) is 1. The van der Waals surface area contributed by atoms with Gasteiger partial charge < -0.3 is 11.1 Å². The summed E-state index contributed by atoms with van der Waals surface area (Å²) in [5.41, 5.74) is 8.96. The normalized spacial score (nSPS) is 11.8. The number of nitrogens with zero attached hydrogens (tertiary/aromatic N) is 3. The van der Waals surface area contributed by atoms with E-state index in [2.05, 4.69) is 20.3 Å². The van der Waals surface area contributed by atoms with Crippen molar-refractivity contribution < 1.29 is 13.2 Å². The predicted molar refractivity (Wildman–Crippen MR) is 114 cm³/mol. The number of benzene rings is 2. The van der Waals surface area contributed by atoms with Crippen LogP contribution in [0.1, 0.15) is 16.7 Å². The van der Waals surface area contributed by atoms with Crippen molar-refractivity contribution in [3.05, 3.63) is 58.1 Å². The molecule has 0 aliphatic rings. The van der Waals surface area contributed by atoms with Crippen molar-refractivity contribution in [2.24, 2.45) is 0 Å². The lowest BCUT2D eigenvalue weighted by Crippen LogP contribution is -2.06. The van der Waals surface area contributed by atoms with E-state index in [9.17, 15) is 13.2 Å². The van der Waals surface area contributed by atoms with Crippen LogP contribution in [0.25, 0.3) is 21.7 Å². The molecule has 4 aromatic rings. The van der Waals surface area contributed by atoms with Crippen LogP contribution in [-0.4, -0.2) is 15.0 Å². The number of nitrogens with two attached hydrogens (primary N) is 1. The Morgan fingerprint density at radius 1 is 1.03 bits per heavy atom. The molecule has 2 heterocycles. The Morgan fingerprint density at radius 2 is 1.73 bits per heavy atom. The molecule has 2 aromatic carbocycles. The largest absolute Gasteiger partial charge is 0.417 e. The summed E-state index contributed by atoms with van der Waals surface area (Å²) in [6.45, 7) is 3.98. The minimum absolute atomic E-state index is 0.136. The lowest BCUT2D eigenvalue weighted by atomic mass is 10.1. The van der Waals surface area contributed by atoms with Gasteiger partial charge in [0.05, 0.1) is 10.6 Å². The number of fused-ring (bicyclic) bond motifs is 1. The fourth-order valence-corrected chi connectivity index (χ4v) is 4.17. The van der Waals surface area contributed by atoms with Gasteiger partial charge in [0.1, 0.15) is 5.52 Å². The second-order valence-corrected chi connectivity index (χ2v) is 8.07. The van der Waals surface area contributed by atoms with E-state index in [1.54, 1.807) is 0 Å². The van der Waals surface area contributed by atoms with Gasteiger partial charge in [0, 0.05) is 11.3 Å². The van der Waals surface area contributed by atoms with E-state index in [1.165, 1.54) is 23.5 Å². The molecule has 0 aliphatic heterocycles. The van der Waals surface area contributed by atoms with Crippen LogP contribution >= 0.6 is 22.9 Å². The smallest absolute Gasteiger partial charge is 0.382 e. The van der Waals surface area contributed by atoms with Crippen molar-refractivity contribution in [2.45, 2.75) is 20.0 Å². The average Bonchev–Trinajstić information content (AvgIpc) is 3.07. The number of aryl methyl sites for hydroxylation is 2. The van der Waals surface area contributed by atoms with Gasteiger partial charge in [-0.15, -0.1) is 0 Å². The highest BCUT2D eigenvalue weighted by Crippen LogP contribution is 2.37. The average molecular weight is 450 g/mol. The number of anilines is 3. The molecule has 0 saturated heterocycles. The molecular weight excluding hydrogens is 435 g/mol. The van der Waals surface area contributed by atoms with Crippen LogP contribution in [0, 0.1) is 13.8 Å². The molecule has 0 aliphatic carbocycles. The molecule has 154 valence electrons. The van der Waals surface area contributed by atoms with Crippen molar-refractivity contribution in [3.63, 3.8) is 0 Å². The Labute approximate surface area is 178 Å². The maximum atomic E-state index is 12.9. The van der Waals surface area contributed by atoms with Crippen LogP contribution in [0.2, 0.25) is 5.02 Å². The third-order valence-electron chi connectivity index (χ3n) is 4.53. The zero-order valence-corrected chi connectivity index (χ0v) is 17.4. The van der Waals surface area contributed by atoms with Crippen molar-refractivity contribution in [1.82, 2.24) is 15.0 Å². The molecular formula is C20H15ClF3N5S. The third-order valence-corrected chi connectivity index (χ3v) is 5.71. The van der Waals surface area contributed by atoms with Gasteiger partial charge in [0.25, 0.3) is 0 Å². The number of halogens is 4. The number of nitrogen functional groups attached to an aromatic ring is 1. The van der Waals surface area contributed by atoms with E-state index in [0.29, 0.717) is 21.0 Å². The summed E-state index contributed by atoms with van der Waals surface area (Å²) in [6, 6.07) is 9.31. The van der Waals surface area contributed by atoms with Gasteiger partial charge in [-0.25, -0.2) is 15.0 Å². The molecule has 5 nitrogen and oxygen atoms in total. The highest BCUT2D eigenvalue weighted by molar-refractivity contribution is 7.21. The molecule has 3 N–H and O–H groups in total. The fraction of sp³-hybridized carbons (Fsp3) is 0.150. The molecule has 2 aromatic heterocycles. The van der Waals surface area contributed by atoms with Gasteiger partial charge in [-0.1, -0.05) is 47.2 Å². The fourth-order valence-electron chi connectivity index (χ4n) is 3.03. The number of aromatic nitrogens is 3. The first-order valence-corrected chi connectivity index (χ1v) is 9.97. The van der Waals surface area contributed by atoms with E-state index in [0.717, 1.165) is 22.9 Å². The monoisotopic (exact) mass is 449 g/mol. The van der Waals surface area contributed by atoms with E-state index in [1.807, 2.05) is 32.0 Å². The van der Waals surface area contributed by atoms with Gasteiger partial charge in [0.15, 0.2) is 21.6 Å². The van der Waals surface area contributed by atoms with Crippen molar-refractivity contribution in [2.75, 3.05) is 11.1 Å². The summed E-state index contributed by atoms with van der Waals surface area (Å²) in [7, 11) is 0. The van der Waals surface area contributed by atoms with Gasteiger partial charge >= 0.3 is 6.18 Å². The lowest BCUT2D eigenvalue weighted by Gasteiger charge is -2.10. The Balaban J connectivity index is 1.73. The topological polar surface area (TPSA) is 76.7 Å². The van der Waals surface area contributed by atoms with Gasteiger partial charge in [0.2, 0.25) is 0 Å². The quantitative estimate of drug-likeness (QED) is 0.380. The van der Waals surface area contributed by atoms with Crippen molar-refractivity contribution in [3.8, 4) is 11.4 Å². The van der Waals surface area contributed by atoms with E-state index < -0.39 is 16.8 Å². The van der Waals surface area contributed by atoms with Crippen LogP contribution in [0.5, 0.6) is 0 Å². The molecule has 0 atom stereocenters. The molecule has 0 amide bonds. The molecule has 0 fully saturated rings. The van der Waals surface area contributed by atoms with Crippen molar-refractivity contribution >= 4 is 49.9 Å². The summed E-state index contributed by atoms with van der Waals surface area (Å²) in [6.07, 6.45) is -4.54. The summed E-state index contributed by atoms with van der Waals surface area (Å²) in [5, 5.41) is 3.45.